The van der Waals surface area contributed by atoms with E-state index in [2.05, 4.69) is 5.32 Å². The quantitative estimate of drug-likeness (QED) is 0.615. The topological polar surface area (TPSA) is 75.7 Å². The Balaban J connectivity index is 1.77. The number of hydrogen-bond donors (Lipinski definition) is 1. The molecule has 1 N–H and O–H groups in total. The first-order chi connectivity index (χ1) is 13.5. The van der Waals surface area contributed by atoms with Crippen LogP contribution in [0.25, 0.3) is 0 Å². The van der Waals surface area contributed by atoms with Crippen LogP contribution in [0.2, 0.25) is 0 Å². The average molecular weight is 403 g/mol. The zero-order valence-electron chi connectivity index (χ0n) is 16.3. The summed E-state index contributed by atoms with van der Waals surface area (Å²) in [6.07, 6.45) is 1.79. The van der Waals surface area contributed by atoms with Crippen LogP contribution in [0.3, 0.4) is 0 Å². The van der Waals surface area contributed by atoms with Gasteiger partial charge in [0.25, 0.3) is 11.8 Å². The van der Waals surface area contributed by atoms with Crippen molar-refractivity contribution in [1.82, 2.24) is 4.90 Å². The van der Waals surface area contributed by atoms with Crippen LogP contribution < -0.4 is 5.32 Å². The van der Waals surface area contributed by atoms with Crippen molar-refractivity contribution in [1.29, 1.82) is 0 Å². The van der Waals surface area contributed by atoms with Gasteiger partial charge in [-0.15, -0.1) is 11.3 Å². The summed E-state index contributed by atoms with van der Waals surface area (Å²) in [4.78, 5) is 39.1. The van der Waals surface area contributed by atoms with Gasteiger partial charge < -0.3 is 15.0 Å². The standard InChI is InChI=1S/C21H26N2O4S/c1-3-23(4-2)21(26)16-8-5-9-17(14-16)22-19(24)15-27-20(25)12-6-10-18-11-7-13-28-18/h5,7-9,11,13-14H,3-4,6,10,12,15H2,1-2H3,(H,22,24). The minimum Gasteiger partial charge on any atom is -0.456 e. The van der Waals surface area contributed by atoms with Gasteiger partial charge in [0.1, 0.15) is 0 Å². The number of aryl methyl sites for hydroxylation is 1. The van der Waals surface area contributed by atoms with Gasteiger partial charge in [0.15, 0.2) is 6.61 Å². The summed E-state index contributed by atoms with van der Waals surface area (Å²) in [7, 11) is 0. The fourth-order valence-corrected chi connectivity index (χ4v) is 3.45. The highest BCUT2D eigenvalue weighted by Gasteiger charge is 2.14. The maximum Gasteiger partial charge on any atom is 0.306 e. The Bertz CT molecular complexity index is 785. The van der Waals surface area contributed by atoms with E-state index in [0.717, 1.165) is 6.42 Å². The predicted octanol–water partition coefficient (Wildman–Crippen LogP) is 3.73. The number of nitrogens with one attached hydrogen (secondary N) is 1. The van der Waals surface area contributed by atoms with Crippen LogP contribution >= 0.6 is 11.3 Å². The van der Waals surface area contributed by atoms with Gasteiger partial charge in [-0.25, -0.2) is 0 Å². The average Bonchev–Trinajstić information content (AvgIpc) is 3.21. The molecular weight excluding hydrogens is 376 g/mol. The summed E-state index contributed by atoms with van der Waals surface area (Å²) in [5.74, 6) is -0.908. The summed E-state index contributed by atoms with van der Waals surface area (Å²) >= 11 is 1.66. The highest BCUT2D eigenvalue weighted by molar-refractivity contribution is 7.09. The molecule has 0 aliphatic heterocycles. The first-order valence-corrected chi connectivity index (χ1v) is 10.3. The Kier molecular flexibility index (Phi) is 8.68. The third-order valence-corrected chi connectivity index (χ3v) is 5.13. The minimum absolute atomic E-state index is 0.0849. The molecule has 1 aromatic carbocycles. The van der Waals surface area contributed by atoms with Gasteiger partial charge in [0.2, 0.25) is 0 Å². The van der Waals surface area contributed by atoms with Gasteiger partial charge in [-0.3, -0.25) is 14.4 Å². The highest BCUT2D eigenvalue weighted by Crippen LogP contribution is 2.14. The number of benzene rings is 1. The second-order valence-corrected chi connectivity index (χ2v) is 7.23. The molecule has 0 spiro atoms. The molecule has 7 heteroatoms. The molecule has 2 amide bonds. The van der Waals surface area contributed by atoms with Gasteiger partial charge in [-0.1, -0.05) is 12.1 Å². The van der Waals surface area contributed by atoms with E-state index in [0.29, 0.717) is 30.8 Å². The number of amides is 2. The van der Waals surface area contributed by atoms with E-state index in [4.69, 9.17) is 4.74 Å². The Morgan fingerprint density at radius 3 is 2.57 bits per heavy atom. The zero-order chi connectivity index (χ0) is 20.4. The van der Waals surface area contributed by atoms with Crippen LogP contribution in [0.15, 0.2) is 41.8 Å². The van der Waals surface area contributed by atoms with Crippen molar-refractivity contribution >= 4 is 34.8 Å². The van der Waals surface area contributed by atoms with Crippen LogP contribution in [0.4, 0.5) is 5.69 Å². The number of anilines is 1. The molecule has 0 radical (unpaired) electrons. The Labute approximate surface area is 169 Å². The lowest BCUT2D eigenvalue weighted by molar-refractivity contribution is -0.147. The summed E-state index contributed by atoms with van der Waals surface area (Å²) in [5, 5.41) is 4.66. The number of thiophene rings is 1. The molecule has 6 nitrogen and oxygen atoms in total. The number of carbonyl (C=O) groups is 3. The van der Waals surface area contributed by atoms with E-state index in [1.54, 1.807) is 40.5 Å². The Morgan fingerprint density at radius 1 is 1.11 bits per heavy atom. The molecule has 0 saturated heterocycles. The van der Waals surface area contributed by atoms with Crippen LogP contribution in [0.5, 0.6) is 0 Å². The monoisotopic (exact) mass is 402 g/mol. The van der Waals surface area contributed by atoms with Crippen molar-refractivity contribution in [3.8, 4) is 0 Å². The van der Waals surface area contributed by atoms with Crippen LogP contribution in [0, 0.1) is 0 Å². The van der Waals surface area contributed by atoms with E-state index in [9.17, 15) is 14.4 Å². The number of rotatable bonds is 10. The number of carbonyl (C=O) groups excluding carboxylic acids is 3. The molecule has 0 fully saturated rings. The molecule has 28 heavy (non-hydrogen) atoms. The van der Waals surface area contributed by atoms with Crippen molar-refractivity contribution in [2.75, 3.05) is 25.0 Å². The molecule has 0 aliphatic carbocycles. The van der Waals surface area contributed by atoms with E-state index in [1.165, 1.54) is 4.88 Å². The van der Waals surface area contributed by atoms with Gasteiger partial charge in [0.05, 0.1) is 0 Å². The SMILES string of the molecule is CCN(CC)C(=O)c1cccc(NC(=O)COC(=O)CCCc2cccs2)c1. The van der Waals surface area contributed by atoms with Gasteiger partial charge >= 0.3 is 5.97 Å². The molecule has 0 atom stereocenters. The Morgan fingerprint density at radius 2 is 1.89 bits per heavy atom. The second-order valence-electron chi connectivity index (χ2n) is 6.20. The smallest absolute Gasteiger partial charge is 0.306 e. The summed E-state index contributed by atoms with van der Waals surface area (Å²) in [5.41, 5.74) is 1.00. The number of esters is 1. The molecule has 0 aliphatic rings. The van der Waals surface area contributed by atoms with Crippen molar-refractivity contribution in [3.63, 3.8) is 0 Å². The van der Waals surface area contributed by atoms with Gasteiger partial charge in [0, 0.05) is 35.6 Å². The molecule has 1 aromatic heterocycles. The lowest BCUT2D eigenvalue weighted by Gasteiger charge is -2.19. The van der Waals surface area contributed by atoms with E-state index < -0.39 is 11.9 Å². The lowest BCUT2D eigenvalue weighted by Crippen LogP contribution is -2.30. The van der Waals surface area contributed by atoms with Crippen molar-refractivity contribution in [2.24, 2.45) is 0 Å². The molecule has 0 saturated carbocycles. The number of nitrogens with zero attached hydrogens (tertiary/aromatic N) is 1. The lowest BCUT2D eigenvalue weighted by atomic mass is 10.1. The summed E-state index contributed by atoms with van der Waals surface area (Å²) in [6.45, 7) is 4.73. The predicted molar refractivity (Wildman–Crippen MR) is 111 cm³/mol. The first kappa shape index (κ1) is 21.6. The van der Waals surface area contributed by atoms with Crippen molar-refractivity contribution in [2.45, 2.75) is 33.1 Å². The number of ether oxygens (including phenoxy) is 1. The summed E-state index contributed by atoms with van der Waals surface area (Å²) < 4.78 is 5.02. The number of hydrogen-bond acceptors (Lipinski definition) is 5. The van der Waals surface area contributed by atoms with E-state index in [-0.39, 0.29) is 18.9 Å². The fourth-order valence-electron chi connectivity index (χ4n) is 2.70. The molecule has 0 unspecified atom stereocenters. The Hall–Kier alpha value is -2.67. The van der Waals surface area contributed by atoms with E-state index >= 15 is 0 Å². The molecule has 150 valence electrons. The molecule has 2 rings (SSSR count). The molecule has 0 bridgehead atoms. The minimum atomic E-state index is -0.431. The maximum atomic E-state index is 12.4. The van der Waals surface area contributed by atoms with Crippen LogP contribution in [0.1, 0.15) is 41.9 Å². The normalized spacial score (nSPS) is 10.4. The maximum absolute atomic E-state index is 12.4. The third-order valence-electron chi connectivity index (χ3n) is 4.19. The van der Waals surface area contributed by atoms with E-state index in [1.807, 2.05) is 31.4 Å². The third kappa shape index (κ3) is 6.81. The molecule has 1 heterocycles. The molecule has 2 aromatic rings. The second kappa shape index (κ2) is 11.2. The molecular formula is C21H26N2O4S. The highest BCUT2D eigenvalue weighted by atomic mass is 32.1. The summed E-state index contributed by atoms with van der Waals surface area (Å²) in [6, 6.07) is 10.8. The van der Waals surface area contributed by atoms with Crippen molar-refractivity contribution < 1.29 is 19.1 Å². The van der Waals surface area contributed by atoms with Gasteiger partial charge in [-0.05, 0) is 56.3 Å². The largest absolute Gasteiger partial charge is 0.456 e. The van der Waals surface area contributed by atoms with Crippen LogP contribution in [-0.2, 0) is 20.7 Å². The fraction of sp³-hybridized carbons (Fsp3) is 0.381. The zero-order valence-corrected chi connectivity index (χ0v) is 17.1. The van der Waals surface area contributed by atoms with Crippen molar-refractivity contribution in [3.05, 3.63) is 52.2 Å². The van der Waals surface area contributed by atoms with Crippen LogP contribution in [-0.4, -0.2) is 42.4 Å². The van der Waals surface area contributed by atoms with Gasteiger partial charge in [-0.2, -0.15) is 0 Å². The first-order valence-electron chi connectivity index (χ1n) is 9.40.